The summed E-state index contributed by atoms with van der Waals surface area (Å²) in [6, 6.07) is 9.20. The van der Waals surface area contributed by atoms with Gasteiger partial charge in [0.2, 0.25) is 15.9 Å². The molecule has 10 heteroatoms. The second-order valence-corrected chi connectivity index (χ2v) is 9.61. The third-order valence-corrected chi connectivity index (χ3v) is 7.35. The molecule has 0 saturated carbocycles. The van der Waals surface area contributed by atoms with Gasteiger partial charge in [-0.3, -0.25) is 4.79 Å². The van der Waals surface area contributed by atoms with E-state index in [1.165, 1.54) is 36.7 Å². The number of nitrogens with zero attached hydrogens (tertiary/aromatic N) is 1. The van der Waals surface area contributed by atoms with Crippen LogP contribution in [-0.4, -0.2) is 45.9 Å². The molecule has 2 aromatic rings. The fourth-order valence-electron chi connectivity index (χ4n) is 3.33. The Morgan fingerprint density at radius 1 is 1.10 bits per heavy atom. The van der Waals surface area contributed by atoms with Crippen molar-refractivity contribution in [2.75, 3.05) is 32.6 Å². The van der Waals surface area contributed by atoms with Crippen LogP contribution in [0.15, 0.2) is 41.3 Å². The molecular formula is C20H22Cl2N2O5S. The van der Waals surface area contributed by atoms with Crippen molar-refractivity contribution in [3.63, 3.8) is 0 Å². The van der Waals surface area contributed by atoms with Gasteiger partial charge in [0.1, 0.15) is 0 Å². The molecule has 1 heterocycles. The summed E-state index contributed by atoms with van der Waals surface area (Å²) < 4.78 is 38.0. The van der Waals surface area contributed by atoms with Gasteiger partial charge in [0.05, 0.1) is 35.7 Å². The smallest absolute Gasteiger partial charge is 0.243 e. The number of hydrogen-bond donors (Lipinski definition) is 1. The lowest BCUT2D eigenvalue weighted by molar-refractivity contribution is -0.120. The van der Waals surface area contributed by atoms with E-state index in [9.17, 15) is 13.2 Å². The molecule has 162 valence electrons. The lowest BCUT2D eigenvalue weighted by atomic mass is 9.99. The van der Waals surface area contributed by atoms with Gasteiger partial charge in [-0.05, 0) is 43.2 Å². The van der Waals surface area contributed by atoms with E-state index in [-0.39, 0.29) is 17.3 Å². The van der Waals surface area contributed by atoms with Crippen LogP contribution in [0.4, 0.5) is 5.69 Å². The van der Waals surface area contributed by atoms with Crippen molar-refractivity contribution >= 4 is 44.8 Å². The summed E-state index contributed by atoms with van der Waals surface area (Å²) in [7, 11) is -0.878. The second-order valence-electron chi connectivity index (χ2n) is 6.83. The van der Waals surface area contributed by atoms with Crippen LogP contribution in [0.25, 0.3) is 0 Å². The van der Waals surface area contributed by atoms with Crippen LogP contribution < -0.4 is 14.8 Å². The Kier molecular flexibility index (Phi) is 7.13. The number of halogens is 2. The van der Waals surface area contributed by atoms with Crippen molar-refractivity contribution in [1.29, 1.82) is 0 Å². The fraction of sp³-hybridized carbons (Fsp3) is 0.350. The highest BCUT2D eigenvalue weighted by Gasteiger charge is 2.34. The Bertz CT molecular complexity index is 1050. The van der Waals surface area contributed by atoms with Crippen LogP contribution in [-0.2, 0) is 14.8 Å². The van der Waals surface area contributed by atoms with Crippen molar-refractivity contribution in [3.05, 3.63) is 46.4 Å². The highest BCUT2D eigenvalue weighted by Crippen LogP contribution is 2.32. The molecule has 7 nitrogen and oxygen atoms in total. The molecule has 1 atom stereocenters. The minimum Gasteiger partial charge on any atom is -0.493 e. The monoisotopic (exact) mass is 472 g/mol. The molecule has 1 N–H and O–H groups in total. The lowest BCUT2D eigenvalue weighted by Gasteiger charge is -2.31. The Hall–Kier alpha value is -2.00. The number of anilines is 1. The summed E-state index contributed by atoms with van der Waals surface area (Å²) >= 11 is 12.0. The number of hydrogen-bond acceptors (Lipinski definition) is 5. The van der Waals surface area contributed by atoms with Crippen molar-refractivity contribution < 1.29 is 22.7 Å². The minimum atomic E-state index is -3.80. The Labute approximate surface area is 185 Å². The number of nitrogens with one attached hydrogen (secondary N) is 1. The van der Waals surface area contributed by atoms with Crippen LogP contribution in [0.3, 0.4) is 0 Å². The zero-order chi connectivity index (χ0) is 21.9. The third kappa shape index (κ3) is 4.83. The van der Waals surface area contributed by atoms with Gasteiger partial charge in [-0.15, -0.1) is 0 Å². The largest absolute Gasteiger partial charge is 0.493 e. The van der Waals surface area contributed by atoms with Gasteiger partial charge in [-0.25, -0.2) is 8.42 Å². The highest BCUT2D eigenvalue weighted by molar-refractivity contribution is 7.89. The van der Waals surface area contributed by atoms with Gasteiger partial charge in [-0.1, -0.05) is 23.2 Å². The molecule has 0 aromatic heterocycles. The second kappa shape index (κ2) is 9.43. The van der Waals surface area contributed by atoms with Crippen molar-refractivity contribution in [2.24, 2.45) is 5.92 Å². The molecule has 3 rings (SSSR count). The Balaban J connectivity index is 1.77. The summed E-state index contributed by atoms with van der Waals surface area (Å²) in [5, 5.41) is 3.55. The molecule has 0 unspecified atom stereocenters. The van der Waals surface area contributed by atoms with Crippen LogP contribution >= 0.6 is 23.2 Å². The van der Waals surface area contributed by atoms with Crippen LogP contribution in [0.2, 0.25) is 10.0 Å². The van der Waals surface area contributed by atoms with Crippen LogP contribution in [0, 0.1) is 5.92 Å². The van der Waals surface area contributed by atoms with E-state index in [4.69, 9.17) is 32.7 Å². The van der Waals surface area contributed by atoms with E-state index in [1.54, 1.807) is 18.2 Å². The maximum atomic E-state index is 13.1. The third-order valence-electron chi connectivity index (χ3n) is 4.94. The number of piperidine rings is 1. The summed E-state index contributed by atoms with van der Waals surface area (Å²) in [6.07, 6.45) is 1.15. The number of methoxy groups -OCH3 is 2. The van der Waals surface area contributed by atoms with E-state index in [0.29, 0.717) is 46.6 Å². The van der Waals surface area contributed by atoms with Crippen molar-refractivity contribution in [1.82, 2.24) is 4.31 Å². The maximum Gasteiger partial charge on any atom is 0.243 e. The summed E-state index contributed by atoms with van der Waals surface area (Å²) in [5.74, 6) is -0.0266. The van der Waals surface area contributed by atoms with Crippen LogP contribution in [0.5, 0.6) is 11.5 Å². The Morgan fingerprint density at radius 3 is 2.50 bits per heavy atom. The van der Waals surface area contributed by atoms with Crippen LogP contribution in [0.1, 0.15) is 12.8 Å². The molecule has 0 spiro atoms. The number of amides is 1. The normalized spacial score (nSPS) is 17.4. The number of rotatable bonds is 6. The number of ether oxygens (including phenoxy) is 2. The Morgan fingerprint density at radius 2 is 1.83 bits per heavy atom. The predicted octanol–water partition coefficient (Wildman–Crippen LogP) is 4.05. The molecule has 30 heavy (non-hydrogen) atoms. The molecule has 0 aliphatic carbocycles. The first-order chi connectivity index (χ1) is 14.3. The number of sulfonamides is 1. The van der Waals surface area contributed by atoms with Gasteiger partial charge in [-0.2, -0.15) is 4.31 Å². The number of benzene rings is 2. The first-order valence-corrected chi connectivity index (χ1v) is 11.4. The van der Waals surface area contributed by atoms with Gasteiger partial charge >= 0.3 is 0 Å². The summed E-state index contributed by atoms with van der Waals surface area (Å²) in [4.78, 5) is 12.8. The van der Waals surface area contributed by atoms with Gasteiger partial charge in [0.25, 0.3) is 0 Å². The lowest BCUT2D eigenvalue weighted by Crippen LogP contribution is -2.43. The standard InChI is InChI=1S/C20H22Cl2N2O5S/c1-28-18-8-6-15(11-19(18)29-2)30(26,27)24-9-3-4-13(12-24)20(25)23-17-7-5-14(21)10-16(17)22/h5-8,10-11,13H,3-4,9,12H2,1-2H3,(H,23,25)/t13-/m1/s1. The zero-order valence-corrected chi connectivity index (χ0v) is 18.9. The number of carbonyl (C=O) groups is 1. The van der Waals surface area contributed by atoms with E-state index in [0.717, 1.165) is 0 Å². The van der Waals surface area contributed by atoms with Crippen molar-refractivity contribution in [2.45, 2.75) is 17.7 Å². The molecule has 1 amide bonds. The first-order valence-electron chi connectivity index (χ1n) is 9.24. The summed E-state index contributed by atoms with van der Waals surface area (Å²) in [5.41, 5.74) is 0.436. The topological polar surface area (TPSA) is 84.9 Å². The van der Waals surface area contributed by atoms with E-state index in [2.05, 4.69) is 5.32 Å². The van der Waals surface area contributed by atoms with Gasteiger partial charge in [0, 0.05) is 24.2 Å². The van der Waals surface area contributed by atoms with E-state index in [1.807, 2.05) is 0 Å². The maximum absolute atomic E-state index is 13.1. The summed E-state index contributed by atoms with van der Waals surface area (Å²) in [6.45, 7) is 0.413. The average molecular weight is 473 g/mol. The highest BCUT2D eigenvalue weighted by atomic mass is 35.5. The molecule has 0 bridgehead atoms. The average Bonchev–Trinajstić information content (AvgIpc) is 2.75. The SMILES string of the molecule is COc1ccc(S(=O)(=O)N2CCC[C@@H](C(=O)Nc3ccc(Cl)cc3Cl)C2)cc1OC. The molecule has 1 saturated heterocycles. The van der Waals surface area contributed by atoms with E-state index < -0.39 is 15.9 Å². The first kappa shape index (κ1) is 22.7. The van der Waals surface area contributed by atoms with Gasteiger partial charge < -0.3 is 14.8 Å². The molecular weight excluding hydrogens is 451 g/mol. The predicted molar refractivity (Wildman–Crippen MR) is 116 cm³/mol. The van der Waals surface area contributed by atoms with Gasteiger partial charge in [0.15, 0.2) is 11.5 Å². The number of carbonyl (C=O) groups excluding carboxylic acids is 1. The zero-order valence-electron chi connectivity index (χ0n) is 16.5. The molecule has 0 radical (unpaired) electrons. The fourth-order valence-corrected chi connectivity index (χ4v) is 5.32. The minimum absolute atomic E-state index is 0.0771. The molecule has 1 aliphatic rings. The molecule has 2 aromatic carbocycles. The van der Waals surface area contributed by atoms with E-state index >= 15 is 0 Å². The van der Waals surface area contributed by atoms with Crippen molar-refractivity contribution in [3.8, 4) is 11.5 Å². The molecule has 1 aliphatic heterocycles. The quantitative estimate of drug-likeness (QED) is 0.685. The molecule has 1 fully saturated rings.